The second-order valence-corrected chi connectivity index (χ2v) is 13.7. The van der Waals surface area contributed by atoms with Gasteiger partial charge in [-0.25, -0.2) is 8.42 Å². The number of aromatic nitrogens is 2. The van der Waals surface area contributed by atoms with Crippen LogP contribution in [0.15, 0.2) is 90.1 Å². The van der Waals surface area contributed by atoms with Gasteiger partial charge in [0.1, 0.15) is 11.8 Å². The van der Waals surface area contributed by atoms with E-state index in [0.29, 0.717) is 16.8 Å². The largest absolute Gasteiger partial charge is 0.480 e. The summed E-state index contributed by atoms with van der Waals surface area (Å²) in [5, 5.41) is 0. The monoisotopic (exact) mass is 667 g/mol. The highest BCUT2D eigenvalue weighted by molar-refractivity contribution is 7.89. The number of rotatable bonds is 11. The molecule has 0 saturated carbocycles. The van der Waals surface area contributed by atoms with Crippen LogP contribution in [0.25, 0.3) is 11.0 Å². The summed E-state index contributed by atoms with van der Waals surface area (Å²) in [7, 11) is -0.739. The van der Waals surface area contributed by atoms with Crippen molar-refractivity contribution in [1.82, 2.24) is 19.2 Å². The van der Waals surface area contributed by atoms with Gasteiger partial charge in [-0.2, -0.15) is 4.31 Å². The number of sulfonamides is 1. The van der Waals surface area contributed by atoms with Crippen molar-refractivity contribution in [3.8, 4) is 5.75 Å². The van der Waals surface area contributed by atoms with Gasteiger partial charge in [0.2, 0.25) is 10.0 Å². The van der Waals surface area contributed by atoms with Crippen LogP contribution in [-0.4, -0.2) is 78.8 Å². The van der Waals surface area contributed by atoms with E-state index in [-0.39, 0.29) is 48.6 Å². The summed E-state index contributed by atoms with van der Waals surface area (Å²) in [4.78, 5) is 35.4. The van der Waals surface area contributed by atoms with Gasteiger partial charge >= 0.3 is 5.97 Å². The highest BCUT2D eigenvalue weighted by atomic mass is 35.5. The van der Waals surface area contributed by atoms with Gasteiger partial charge in [-0.3, -0.25) is 19.6 Å². The zero-order valence-electron chi connectivity index (χ0n) is 26.1. The number of hydrogen-bond donors (Lipinski definition) is 1. The second-order valence-electron chi connectivity index (χ2n) is 11.7. The molecule has 1 unspecified atom stereocenters. The van der Waals surface area contributed by atoms with Crippen LogP contribution in [0.1, 0.15) is 25.0 Å². The van der Waals surface area contributed by atoms with Gasteiger partial charge < -0.3 is 20.1 Å². The molecule has 1 aliphatic heterocycles. The Bertz CT molecular complexity index is 1800. The minimum absolute atomic E-state index is 0. The highest BCUT2D eigenvalue weighted by Crippen LogP contribution is 2.40. The number of esters is 1. The van der Waals surface area contributed by atoms with Gasteiger partial charge in [0.15, 0.2) is 11.7 Å². The Hall–Kier alpha value is -4.10. The third-order valence-electron chi connectivity index (χ3n) is 7.74. The average molecular weight is 668 g/mol. The summed E-state index contributed by atoms with van der Waals surface area (Å²) in [6.07, 6.45) is 2.29. The highest BCUT2D eigenvalue weighted by Gasteiger charge is 2.52. The maximum Gasteiger partial charge on any atom is 0.324 e. The van der Waals surface area contributed by atoms with Crippen LogP contribution < -0.4 is 10.5 Å². The van der Waals surface area contributed by atoms with Crippen molar-refractivity contribution in [2.75, 3.05) is 27.2 Å². The molecular formula is C33H38ClN5O6S. The molecule has 1 aromatic heterocycles. The first-order chi connectivity index (χ1) is 21.4. The molecule has 0 spiro atoms. The molecule has 5 rings (SSSR count). The first kappa shape index (κ1) is 34.8. The zero-order valence-corrected chi connectivity index (χ0v) is 27.7. The van der Waals surface area contributed by atoms with E-state index < -0.39 is 33.7 Å². The number of halogens is 1. The molecular weight excluding hydrogens is 630 g/mol. The molecule has 2 N–H and O–H groups in total. The van der Waals surface area contributed by atoms with Crippen molar-refractivity contribution >= 4 is 45.3 Å². The maximum absolute atomic E-state index is 13.8. The molecule has 1 fully saturated rings. The molecule has 46 heavy (non-hydrogen) atoms. The predicted octanol–water partition coefficient (Wildman–Crippen LogP) is 3.56. The van der Waals surface area contributed by atoms with Crippen LogP contribution >= 0.6 is 12.4 Å². The molecule has 3 aromatic carbocycles. The van der Waals surface area contributed by atoms with Crippen molar-refractivity contribution in [2.45, 2.75) is 42.9 Å². The first-order valence-corrected chi connectivity index (χ1v) is 16.1. The number of carbonyl (C=O) groups excluding carboxylic acids is 2. The molecule has 1 amide bonds. The number of fused-ring (bicyclic) bond motifs is 1. The van der Waals surface area contributed by atoms with Gasteiger partial charge in [0.25, 0.3) is 5.91 Å². The molecule has 4 aromatic rings. The van der Waals surface area contributed by atoms with Gasteiger partial charge in [0, 0.05) is 32.6 Å². The molecule has 0 aliphatic carbocycles. The lowest BCUT2D eigenvalue weighted by Gasteiger charge is -2.48. The minimum Gasteiger partial charge on any atom is -0.480 e. The van der Waals surface area contributed by atoms with Crippen molar-refractivity contribution < 1.29 is 27.5 Å². The van der Waals surface area contributed by atoms with Crippen molar-refractivity contribution in [1.29, 1.82) is 0 Å². The fraction of sp³-hybridized carbons (Fsp3) is 0.333. The molecule has 13 heteroatoms. The molecule has 1 aliphatic rings. The van der Waals surface area contributed by atoms with Crippen LogP contribution in [0.2, 0.25) is 0 Å². The van der Waals surface area contributed by atoms with Crippen LogP contribution in [0.4, 0.5) is 0 Å². The van der Waals surface area contributed by atoms with Gasteiger partial charge in [0.05, 0.1) is 29.0 Å². The quantitative estimate of drug-likeness (QED) is 0.237. The van der Waals surface area contributed by atoms with E-state index in [0.717, 1.165) is 11.1 Å². The predicted molar refractivity (Wildman–Crippen MR) is 176 cm³/mol. The summed E-state index contributed by atoms with van der Waals surface area (Å²) >= 11 is 0. The molecule has 0 bridgehead atoms. The first-order valence-electron chi connectivity index (χ1n) is 14.6. The summed E-state index contributed by atoms with van der Waals surface area (Å²) in [5.74, 6) is -0.760. The normalized spacial score (nSPS) is 15.7. The lowest BCUT2D eigenvalue weighted by Crippen LogP contribution is -2.64. The third kappa shape index (κ3) is 7.31. The Labute approximate surface area is 275 Å². The zero-order chi connectivity index (χ0) is 32.4. The number of carbonyl (C=O) groups is 2. The number of amides is 1. The van der Waals surface area contributed by atoms with Gasteiger partial charge in [-0.15, -0.1) is 12.4 Å². The maximum atomic E-state index is 13.8. The number of hydrogen-bond acceptors (Lipinski definition) is 9. The number of benzene rings is 3. The van der Waals surface area contributed by atoms with Crippen LogP contribution in [0.5, 0.6) is 5.75 Å². The minimum atomic E-state index is -3.91. The Morgan fingerprint density at radius 2 is 1.63 bits per heavy atom. The Morgan fingerprint density at radius 3 is 2.28 bits per heavy atom. The smallest absolute Gasteiger partial charge is 0.324 e. The van der Waals surface area contributed by atoms with Crippen molar-refractivity contribution in [3.63, 3.8) is 0 Å². The van der Waals surface area contributed by atoms with E-state index in [4.69, 9.17) is 15.2 Å². The standard InChI is InChI=1S/C33H37N5O6S.ClH/c1-22(2)30(31(39)37(3)4)43-32(40)27(34)18-23-9-8-12-26(17-23)45(41,42)38-20-33(21-38,24-10-6-5-7-11-24)44-25-13-14-28-29(19-25)36-16-15-35-28;/h5-17,19,22,27,30H,18,20-21,34H2,1-4H3;1H/t27-,30?;/m0./s1. The summed E-state index contributed by atoms with van der Waals surface area (Å²) < 4.78 is 40.9. The van der Waals surface area contributed by atoms with E-state index in [1.807, 2.05) is 36.4 Å². The van der Waals surface area contributed by atoms with E-state index in [9.17, 15) is 18.0 Å². The van der Waals surface area contributed by atoms with E-state index in [2.05, 4.69) is 9.97 Å². The van der Waals surface area contributed by atoms with Gasteiger partial charge in [-0.1, -0.05) is 56.3 Å². The fourth-order valence-corrected chi connectivity index (χ4v) is 6.84. The van der Waals surface area contributed by atoms with Crippen LogP contribution in [0.3, 0.4) is 0 Å². The van der Waals surface area contributed by atoms with Crippen LogP contribution in [0, 0.1) is 5.92 Å². The molecule has 2 atom stereocenters. The van der Waals surface area contributed by atoms with E-state index in [1.54, 1.807) is 64.6 Å². The Balaban J connectivity index is 0.00000480. The second kappa shape index (κ2) is 14.1. The van der Waals surface area contributed by atoms with E-state index in [1.165, 1.54) is 21.3 Å². The summed E-state index contributed by atoms with van der Waals surface area (Å²) in [6.45, 7) is 3.74. The topological polar surface area (TPSA) is 145 Å². The number of nitrogens with zero attached hydrogens (tertiary/aromatic N) is 4. The van der Waals surface area contributed by atoms with Gasteiger partial charge in [-0.05, 0) is 47.7 Å². The SMILES string of the molecule is CC(C)C(OC(=O)[C@@H](N)Cc1cccc(S(=O)(=O)N2CC(Oc3ccc4nccnc4c3)(c3ccccc3)C2)c1)C(=O)N(C)C.Cl. The van der Waals surface area contributed by atoms with Crippen molar-refractivity contribution in [3.05, 3.63) is 96.3 Å². The average Bonchev–Trinajstić information content (AvgIpc) is 3.01. The fourth-order valence-electron chi connectivity index (χ4n) is 5.23. The molecule has 1 saturated heterocycles. The molecule has 2 heterocycles. The summed E-state index contributed by atoms with van der Waals surface area (Å²) in [5.41, 5.74) is 8.03. The van der Waals surface area contributed by atoms with Crippen molar-refractivity contribution in [2.24, 2.45) is 11.7 Å². The number of likely N-dealkylation sites (N-methyl/N-ethyl adjacent to an activating group) is 1. The Morgan fingerprint density at radius 1 is 0.957 bits per heavy atom. The molecule has 244 valence electrons. The number of ether oxygens (including phenoxy) is 2. The Kier molecular flexibility index (Phi) is 10.7. The lowest BCUT2D eigenvalue weighted by molar-refractivity contribution is -0.163. The summed E-state index contributed by atoms with van der Waals surface area (Å²) in [6, 6.07) is 20.2. The van der Waals surface area contributed by atoms with Crippen LogP contribution in [-0.2, 0) is 36.4 Å². The molecule has 11 nitrogen and oxygen atoms in total. The van der Waals surface area contributed by atoms with E-state index >= 15 is 0 Å². The lowest BCUT2D eigenvalue weighted by atomic mass is 9.87. The number of nitrogens with two attached hydrogens (primary N) is 1. The molecule has 0 radical (unpaired) electrons. The third-order valence-corrected chi connectivity index (χ3v) is 9.53.